The van der Waals surface area contributed by atoms with E-state index in [4.69, 9.17) is 4.52 Å². The van der Waals surface area contributed by atoms with Crippen molar-refractivity contribution in [3.63, 3.8) is 0 Å². The van der Waals surface area contributed by atoms with Crippen LogP contribution in [0.4, 0.5) is 0 Å². The van der Waals surface area contributed by atoms with E-state index in [0.29, 0.717) is 0 Å². The van der Waals surface area contributed by atoms with Gasteiger partial charge in [-0.2, -0.15) is 0 Å². The van der Waals surface area contributed by atoms with Gasteiger partial charge in [0.2, 0.25) is 0 Å². The van der Waals surface area contributed by atoms with Crippen LogP contribution in [0.25, 0.3) is 0 Å². The van der Waals surface area contributed by atoms with Crippen molar-refractivity contribution in [1.29, 1.82) is 0 Å². The first-order valence-corrected chi connectivity index (χ1v) is 9.05. The Morgan fingerprint density at radius 2 is 1.92 bits per heavy atom. The summed E-state index contributed by atoms with van der Waals surface area (Å²) in [6.45, 7) is 0. The van der Waals surface area contributed by atoms with Gasteiger partial charge in [-0.25, -0.2) is 0 Å². The molecule has 0 aliphatic rings. The van der Waals surface area contributed by atoms with Crippen LogP contribution in [0.15, 0.2) is 30.3 Å². The zero-order chi connectivity index (χ0) is 9.03. The van der Waals surface area contributed by atoms with Gasteiger partial charge < -0.3 is 0 Å². The van der Waals surface area contributed by atoms with E-state index in [1.807, 2.05) is 36.2 Å². The molecule has 0 aromatic heterocycles. The molecule has 0 fully saturated rings. The molecular formula is C8H11O2PSe. The summed E-state index contributed by atoms with van der Waals surface area (Å²) in [6.07, 6.45) is 0. The molecule has 0 radical (unpaired) electrons. The maximum absolute atomic E-state index is 12.0. The normalized spacial score (nSPS) is 15.5. The second kappa shape index (κ2) is 4.25. The van der Waals surface area contributed by atoms with Crippen molar-refractivity contribution < 1.29 is 9.09 Å². The molecule has 0 bridgehead atoms. The van der Waals surface area contributed by atoms with E-state index in [1.54, 1.807) is 0 Å². The molecule has 66 valence electrons. The van der Waals surface area contributed by atoms with Gasteiger partial charge >= 0.3 is 78.2 Å². The zero-order valence-corrected chi connectivity index (χ0v) is 9.67. The van der Waals surface area contributed by atoms with Gasteiger partial charge in [0.05, 0.1) is 0 Å². The van der Waals surface area contributed by atoms with E-state index >= 15 is 0 Å². The molecule has 1 aromatic carbocycles. The molecule has 0 heterocycles. The molecule has 0 saturated heterocycles. The van der Waals surface area contributed by atoms with Crippen molar-refractivity contribution in [2.45, 2.75) is 5.82 Å². The molecule has 1 aromatic rings. The fraction of sp³-hybridized carbons (Fsp3) is 0.250. The van der Waals surface area contributed by atoms with Gasteiger partial charge in [-0.05, 0) is 0 Å². The number of rotatable bonds is 3. The van der Waals surface area contributed by atoms with Crippen molar-refractivity contribution in [2.24, 2.45) is 0 Å². The summed E-state index contributed by atoms with van der Waals surface area (Å²) < 4.78 is 17.0. The van der Waals surface area contributed by atoms with Gasteiger partial charge in [-0.3, -0.25) is 0 Å². The van der Waals surface area contributed by atoms with Crippen LogP contribution in [0.2, 0.25) is 5.82 Å². The summed E-state index contributed by atoms with van der Waals surface area (Å²) in [7, 11) is 1.51. The van der Waals surface area contributed by atoms with Gasteiger partial charge in [-0.15, -0.1) is 0 Å². The standard InChI is InChI=1S/C8H11O2PSe/c1-10-11(9,12-2)8-6-4-3-5-7-8/h3-7H,1-2H3. The molecule has 0 saturated carbocycles. The first-order chi connectivity index (χ1) is 5.73. The van der Waals surface area contributed by atoms with Crippen molar-refractivity contribution in [2.75, 3.05) is 7.11 Å². The monoisotopic (exact) mass is 250 g/mol. The third kappa shape index (κ3) is 1.99. The van der Waals surface area contributed by atoms with Gasteiger partial charge in [-0.1, -0.05) is 0 Å². The van der Waals surface area contributed by atoms with Crippen LogP contribution in [0.3, 0.4) is 0 Å². The summed E-state index contributed by atoms with van der Waals surface area (Å²) in [5.41, 5.74) is 0. The molecule has 0 amide bonds. The quantitative estimate of drug-likeness (QED) is 0.604. The second-order valence-electron chi connectivity index (χ2n) is 2.20. The van der Waals surface area contributed by atoms with Gasteiger partial charge in [0.15, 0.2) is 0 Å². The molecule has 1 atom stereocenters. The van der Waals surface area contributed by atoms with Gasteiger partial charge in [0.25, 0.3) is 0 Å². The van der Waals surface area contributed by atoms with Crippen LogP contribution in [0, 0.1) is 0 Å². The summed E-state index contributed by atoms with van der Waals surface area (Å²) in [4.78, 5) is 0. The van der Waals surface area contributed by atoms with Crippen molar-refractivity contribution >= 4 is 25.9 Å². The number of benzene rings is 1. The van der Waals surface area contributed by atoms with Crippen LogP contribution >= 0.6 is 6.06 Å². The van der Waals surface area contributed by atoms with E-state index in [2.05, 4.69) is 0 Å². The summed E-state index contributed by atoms with van der Waals surface area (Å²) in [6, 6.07) is 6.91. The number of hydrogen-bond acceptors (Lipinski definition) is 2. The molecule has 2 nitrogen and oxygen atoms in total. The van der Waals surface area contributed by atoms with E-state index in [-0.39, 0.29) is 14.5 Å². The Labute approximate surface area is 78.5 Å². The van der Waals surface area contributed by atoms with Gasteiger partial charge in [0.1, 0.15) is 0 Å². The SMILES string of the molecule is COP(=O)([Se]C)c1ccccc1. The molecule has 0 aliphatic heterocycles. The molecule has 12 heavy (non-hydrogen) atoms. The van der Waals surface area contributed by atoms with E-state index < -0.39 is 6.06 Å². The fourth-order valence-electron chi connectivity index (χ4n) is 0.896. The number of hydrogen-bond donors (Lipinski definition) is 0. The second-order valence-corrected chi connectivity index (χ2v) is 9.76. The Hall–Kier alpha value is -0.0705. The van der Waals surface area contributed by atoms with Crippen molar-refractivity contribution in [1.82, 2.24) is 0 Å². The van der Waals surface area contributed by atoms with Crippen LogP contribution in [0.1, 0.15) is 0 Å². The van der Waals surface area contributed by atoms with Crippen LogP contribution in [-0.2, 0) is 9.09 Å². The average Bonchev–Trinajstić information content (AvgIpc) is 2.18. The molecule has 1 unspecified atom stereocenters. The Bertz CT molecular complexity index is 278. The van der Waals surface area contributed by atoms with E-state index in [9.17, 15) is 4.57 Å². The van der Waals surface area contributed by atoms with Crippen LogP contribution < -0.4 is 5.30 Å². The van der Waals surface area contributed by atoms with Crippen LogP contribution in [-0.4, -0.2) is 21.6 Å². The third-order valence-corrected chi connectivity index (χ3v) is 8.74. The molecule has 0 spiro atoms. The van der Waals surface area contributed by atoms with Crippen LogP contribution in [0.5, 0.6) is 0 Å². The summed E-state index contributed by atoms with van der Waals surface area (Å²) in [5, 5.41) is 0.829. The third-order valence-electron chi connectivity index (χ3n) is 1.55. The van der Waals surface area contributed by atoms with Crippen molar-refractivity contribution in [3.05, 3.63) is 30.3 Å². The summed E-state index contributed by atoms with van der Waals surface area (Å²) >= 11 is 0.0170. The molecule has 0 N–H and O–H groups in total. The first kappa shape index (κ1) is 10.0. The molecule has 4 heteroatoms. The maximum atomic E-state index is 12.0. The average molecular weight is 249 g/mol. The van der Waals surface area contributed by atoms with E-state index in [1.165, 1.54) is 7.11 Å². The minimum atomic E-state index is -2.47. The van der Waals surface area contributed by atoms with E-state index in [0.717, 1.165) is 5.30 Å². The topological polar surface area (TPSA) is 26.3 Å². The zero-order valence-electron chi connectivity index (χ0n) is 7.06. The predicted octanol–water partition coefficient (Wildman–Crippen LogP) is 1.90. The Morgan fingerprint density at radius 1 is 1.33 bits per heavy atom. The summed E-state index contributed by atoms with van der Waals surface area (Å²) in [5.74, 6) is 1.93. The predicted molar refractivity (Wildman–Crippen MR) is 52.3 cm³/mol. The van der Waals surface area contributed by atoms with Gasteiger partial charge in [0, 0.05) is 0 Å². The first-order valence-electron chi connectivity index (χ1n) is 3.50. The Morgan fingerprint density at radius 3 is 2.33 bits per heavy atom. The Kier molecular flexibility index (Phi) is 3.54. The molecule has 0 aliphatic carbocycles. The molecule has 1 rings (SSSR count). The fourth-order valence-corrected chi connectivity index (χ4v) is 5.04. The van der Waals surface area contributed by atoms with Crippen molar-refractivity contribution in [3.8, 4) is 0 Å². The molecular weight excluding hydrogens is 238 g/mol. The Balaban J connectivity index is 3.04. The minimum absolute atomic E-state index is 0.0170.